The molecule has 0 aromatic heterocycles. The molecule has 0 unspecified atom stereocenters. The van der Waals surface area contributed by atoms with Crippen LogP contribution in [0, 0.1) is 12.7 Å². The number of halogens is 2. The van der Waals surface area contributed by atoms with Gasteiger partial charge < -0.3 is 27.9 Å². The van der Waals surface area contributed by atoms with Crippen LogP contribution in [0.15, 0.2) is 48.7 Å². The summed E-state index contributed by atoms with van der Waals surface area (Å²) >= 11 is 0. The van der Waals surface area contributed by atoms with E-state index in [1.54, 1.807) is 18.2 Å². The highest BCUT2D eigenvalue weighted by Crippen LogP contribution is 2.22. The largest absolute Gasteiger partial charge is 1.00 e. The predicted octanol–water partition coefficient (Wildman–Crippen LogP) is 1.78. The molecule has 26 heavy (non-hydrogen) atoms. The second kappa shape index (κ2) is 10.5. The standard InChI is InChI=1S/C20H24FN3O.ClH/c1-4-24(5-2)17-10-11-19(15(3)14-17)23-20(25)22-13-12-16-8-6-7-9-18(16)21;/h6-14H,4-5H2,1-3H3,(H2,22,23,25);1H/p-1/b13-12+;. The number of hydrogen-bond donors (Lipinski definition) is 2. The second-order valence-corrected chi connectivity index (χ2v) is 5.62. The normalized spacial score (nSPS) is 10.3. The molecule has 0 radical (unpaired) electrons. The van der Waals surface area contributed by atoms with Gasteiger partial charge in [-0.25, -0.2) is 9.18 Å². The lowest BCUT2D eigenvalue weighted by Gasteiger charge is -2.22. The zero-order chi connectivity index (χ0) is 18.2. The Bertz CT molecular complexity index is 760. The van der Waals surface area contributed by atoms with Crippen LogP contribution in [0.5, 0.6) is 0 Å². The van der Waals surface area contributed by atoms with E-state index < -0.39 is 0 Å². The molecule has 0 spiro atoms. The molecule has 2 rings (SSSR count). The summed E-state index contributed by atoms with van der Waals surface area (Å²) in [6.07, 6.45) is 2.94. The number of nitrogens with one attached hydrogen (secondary N) is 2. The Balaban J connectivity index is 0.00000338. The Morgan fingerprint density at radius 3 is 2.46 bits per heavy atom. The zero-order valence-corrected chi connectivity index (χ0v) is 16.0. The molecule has 2 amide bonds. The van der Waals surface area contributed by atoms with Crippen LogP contribution < -0.4 is 27.9 Å². The zero-order valence-electron chi connectivity index (χ0n) is 15.2. The lowest BCUT2D eigenvalue weighted by atomic mass is 10.1. The molecule has 0 saturated carbocycles. The molecule has 6 heteroatoms. The van der Waals surface area contributed by atoms with Crippen LogP contribution in [0.2, 0.25) is 0 Å². The maximum Gasteiger partial charge on any atom is 0.323 e. The van der Waals surface area contributed by atoms with Crippen molar-refractivity contribution in [1.29, 1.82) is 0 Å². The molecule has 2 aromatic rings. The van der Waals surface area contributed by atoms with Gasteiger partial charge in [-0.2, -0.15) is 0 Å². The van der Waals surface area contributed by atoms with Crippen LogP contribution in [-0.2, 0) is 0 Å². The number of urea groups is 1. The van der Waals surface area contributed by atoms with Crippen molar-refractivity contribution in [3.63, 3.8) is 0 Å². The Kier molecular flexibility index (Phi) is 8.65. The van der Waals surface area contributed by atoms with E-state index in [1.165, 1.54) is 18.3 Å². The van der Waals surface area contributed by atoms with Crippen molar-refractivity contribution in [3.05, 3.63) is 65.6 Å². The summed E-state index contributed by atoms with van der Waals surface area (Å²) in [5.74, 6) is -0.330. The molecule has 0 saturated heterocycles. The highest BCUT2D eigenvalue weighted by atomic mass is 35.5. The summed E-state index contributed by atoms with van der Waals surface area (Å²) in [4.78, 5) is 14.2. The van der Waals surface area contributed by atoms with E-state index in [0.717, 1.165) is 30.0 Å². The van der Waals surface area contributed by atoms with Crippen molar-refractivity contribution < 1.29 is 21.6 Å². The first kappa shape index (κ1) is 21.5. The van der Waals surface area contributed by atoms with Crippen molar-refractivity contribution in [1.82, 2.24) is 5.32 Å². The van der Waals surface area contributed by atoms with E-state index in [4.69, 9.17) is 0 Å². The first-order valence-electron chi connectivity index (χ1n) is 8.39. The van der Waals surface area contributed by atoms with Crippen LogP contribution in [-0.4, -0.2) is 19.1 Å². The van der Waals surface area contributed by atoms with Gasteiger partial charge in [0.25, 0.3) is 0 Å². The number of rotatable bonds is 6. The van der Waals surface area contributed by atoms with Gasteiger partial charge in [0, 0.05) is 36.2 Å². The van der Waals surface area contributed by atoms with Gasteiger partial charge >= 0.3 is 6.03 Å². The quantitative estimate of drug-likeness (QED) is 0.807. The SMILES string of the molecule is CCN(CC)c1ccc(NC(=O)N/C=C/c2ccccc2F)c(C)c1.[Cl-]. The maximum atomic E-state index is 13.5. The number of anilines is 2. The lowest BCUT2D eigenvalue weighted by molar-refractivity contribution is -0.00000885. The van der Waals surface area contributed by atoms with Crippen LogP contribution in [0.1, 0.15) is 25.0 Å². The van der Waals surface area contributed by atoms with Crippen LogP contribution in [0.25, 0.3) is 6.08 Å². The van der Waals surface area contributed by atoms with E-state index in [-0.39, 0.29) is 24.3 Å². The number of hydrogen-bond acceptors (Lipinski definition) is 2. The molecule has 0 aliphatic heterocycles. The molecule has 0 fully saturated rings. The van der Waals surface area contributed by atoms with Crippen LogP contribution in [0.4, 0.5) is 20.6 Å². The molecular formula is C20H24ClFN3O-. The van der Waals surface area contributed by atoms with Crippen molar-refractivity contribution >= 4 is 23.5 Å². The monoisotopic (exact) mass is 376 g/mol. The summed E-state index contributed by atoms with van der Waals surface area (Å²) in [5, 5.41) is 5.39. The maximum absolute atomic E-state index is 13.5. The number of nitrogens with zero attached hydrogens (tertiary/aromatic N) is 1. The van der Waals surface area contributed by atoms with Gasteiger partial charge in [0.05, 0.1) is 0 Å². The van der Waals surface area contributed by atoms with Crippen molar-refractivity contribution in [3.8, 4) is 0 Å². The molecule has 0 aliphatic carbocycles. The number of carbonyl (C=O) groups is 1. The van der Waals surface area contributed by atoms with E-state index in [9.17, 15) is 9.18 Å². The number of aryl methyl sites for hydroxylation is 1. The Morgan fingerprint density at radius 2 is 1.85 bits per heavy atom. The summed E-state index contributed by atoms with van der Waals surface area (Å²) in [7, 11) is 0. The van der Waals surface area contributed by atoms with Crippen molar-refractivity contribution in [2.75, 3.05) is 23.3 Å². The van der Waals surface area contributed by atoms with Crippen LogP contribution in [0.3, 0.4) is 0 Å². The fourth-order valence-corrected chi connectivity index (χ4v) is 2.55. The predicted molar refractivity (Wildman–Crippen MR) is 102 cm³/mol. The highest BCUT2D eigenvalue weighted by molar-refractivity contribution is 5.91. The number of amides is 2. The molecule has 140 valence electrons. The van der Waals surface area contributed by atoms with Gasteiger partial charge in [-0.1, -0.05) is 18.2 Å². The van der Waals surface area contributed by atoms with Crippen molar-refractivity contribution in [2.24, 2.45) is 0 Å². The molecule has 0 atom stereocenters. The van der Waals surface area contributed by atoms with Gasteiger partial charge in [0.15, 0.2) is 0 Å². The topological polar surface area (TPSA) is 44.4 Å². The molecule has 2 aromatic carbocycles. The second-order valence-electron chi connectivity index (χ2n) is 5.62. The molecule has 4 nitrogen and oxygen atoms in total. The Morgan fingerprint density at radius 1 is 1.15 bits per heavy atom. The van der Waals surface area contributed by atoms with Gasteiger partial charge in [0.1, 0.15) is 5.82 Å². The molecule has 0 heterocycles. The van der Waals surface area contributed by atoms with Crippen molar-refractivity contribution in [2.45, 2.75) is 20.8 Å². The van der Waals surface area contributed by atoms with E-state index in [1.807, 2.05) is 19.1 Å². The fraction of sp³-hybridized carbons (Fsp3) is 0.250. The van der Waals surface area contributed by atoms with E-state index >= 15 is 0 Å². The van der Waals surface area contributed by atoms with Gasteiger partial charge in [-0.15, -0.1) is 0 Å². The first-order valence-corrected chi connectivity index (χ1v) is 8.39. The molecule has 0 bridgehead atoms. The fourth-order valence-electron chi connectivity index (χ4n) is 2.55. The lowest BCUT2D eigenvalue weighted by Crippen LogP contribution is -3.00. The minimum atomic E-state index is -0.369. The Hall–Kier alpha value is -2.53. The van der Waals surface area contributed by atoms with E-state index in [0.29, 0.717) is 5.56 Å². The average Bonchev–Trinajstić information content (AvgIpc) is 2.60. The Labute approximate surface area is 160 Å². The molecule has 0 aliphatic rings. The van der Waals surface area contributed by atoms with Gasteiger partial charge in [-0.05, 0) is 56.7 Å². The highest BCUT2D eigenvalue weighted by Gasteiger charge is 2.07. The number of carbonyl (C=O) groups excluding carboxylic acids is 1. The summed E-state index contributed by atoms with van der Waals surface area (Å²) < 4.78 is 13.5. The third-order valence-corrected chi connectivity index (χ3v) is 3.97. The van der Waals surface area contributed by atoms with Gasteiger partial charge in [-0.3, -0.25) is 0 Å². The summed E-state index contributed by atoms with van der Waals surface area (Å²) in [6, 6.07) is 11.9. The van der Waals surface area contributed by atoms with E-state index in [2.05, 4.69) is 35.4 Å². The average molecular weight is 377 g/mol. The molecule has 2 N–H and O–H groups in total. The van der Waals surface area contributed by atoms with Gasteiger partial charge in [0.2, 0.25) is 0 Å². The first-order chi connectivity index (χ1) is 12.0. The minimum Gasteiger partial charge on any atom is -1.00 e. The third-order valence-electron chi connectivity index (χ3n) is 3.97. The summed E-state index contributed by atoms with van der Waals surface area (Å²) in [6.45, 7) is 8.05. The van der Waals surface area contributed by atoms with Crippen LogP contribution >= 0.6 is 0 Å². The minimum absolute atomic E-state index is 0. The number of benzene rings is 2. The summed E-state index contributed by atoms with van der Waals surface area (Å²) in [5.41, 5.74) is 3.28. The molecular weight excluding hydrogens is 353 g/mol. The third kappa shape index (κ3) is 5.77. The smallest absolute Gasteiger partial charge is 0.323 e.